The average molecular weight is 799 g/mol. The Morgan fingerprint density at radius 3 is 1.65 bits per heavy atom. The highest BCUT2D eigenvalue weighted by Crippen LogP contribution is 2.42. The number of nitrogens with zero attached hydrogens (tertiary/aromatic N) is 5. The van der Waals surface area contributed by atoms with Crippen LogP contribution in [0.2, 0.25) is 0 Å². The van der Waals surface area contributed by atoms with Crippen molar-refractivity contribution in [3.63, 3.8) is 0 Å². The van der Waals surface area contributed by atoms with Gasteiger partial charge in [0.2, 0.25) is 5.95 Å². The van der Waals surface area contributed by atoms with Gasteiger partial charge in [0.05, 0.1) is 40.1 Å². The molecule has 0 saturated carbocycles. The molecule has 0 fully saturated rings. The van der Waals surface area contributed by atoms with Crippen molar-refractivity contribution in [2.24, 2.45) is 0 Å². The first-order chi connectivity index (χ1) is 34.5. The first-order valence-corrected chi connectivity index (χ1v) is 20.3. The Morgan fingerprint density at radius 1 is 0.339 bits per heavy atom. The van der Waals surface area contributed by atoms with E-state index in [1.54, 1.807) is 6.07 Å². The zero-order valence-corrected chi connectivity index (χ0v) is 32.7. The van der Waals surface area contributed by atoms with Crippen molar-refractivity contribution in [1.29, 1.82) is 0 Å². The SMILES string of the molecule is [2H]c1cccc(-n2c3ccccc3c3c(-c4ccccc4)cccc32)c1-c1nc(-c2ccc3c4ccccc4c4ccccc4c3c2)nc(-n2c3c([2H])c([2H])c([2H])c([2H])c3c3c([2H])c([2H])c([2H])c([2H])c32)n1. The Bertz CT molecular complexity index is 4360. The second-order valence-electron chi connectivity index (χ2n) is 15.3. The highest BCUT2D eigenvalue weighted by Gasteiger charge is 2.22. The normalized spacial score (nSPS) is 13.9. The monoisotopic (exact) mass is 798 g/mol. The summed E-state index contributed by atoms with van der Waals surface area (Å²) in [7, 11) is 0. The number of para-hydroxylation sites is 4. The van der Waals surface area contributed by atoms with Gasteiger partial charge in [-0.05, 0) is 85.8 Å². The van der Waals surface area contributed by atoms with Crippen LogP contribution in [0.1, 0.15) is 12.3 Å². The van der Waals surface area contributed by atoms with Gasteiger partial charge in [-0.15, -0.1) is 0 Å². The number of hydrogen-bond acceptors (Lipinski definition) is 3. The van der Waals surface area contributed by atoms with Gasteiger partial charge in [-0.1, -0.05) is 170 Å². The molecule has 0 N–H and O–H groups in total. The summed E-state index contributed by atoms with van der Waals surface area (Å²) in [6, 6.07) is 48.1. The first-order valence-electron chi connectivity index (χ1n) is 24.8. The van der Waals surface area contributed by atoms with E-state index in [-0.39, 0.29) is 45.4 Å². The molecule has 3 aromatic heterocycles. The number of hydrogen-bond donors (Lipinski definition) is 0. The largest absolute Gasteiger partial charge is 0.308 e. The van der Waals surface area contributed by atoms with E-state index in [0.717, 1.165) is 65.3 Å². The lowest BCUT2D eigenvalue weighted by atomic mass is 9.93. The maximum Gasteiger partial charge on any atom is 0.238 e. The van der Waals surface area contributed by atoms with E-state index in [9.17, 15) is 4.11 Å². The number of aromatic nitrogens is 5. The molecule has 288 valence electrons. The van der Waals surface area contributed by atoms with Crippen molar-refractivity contribution in [1.82, 2.24) is 24.1 Å². The molecule has 5 heteroatoms. The summed E-state index contributed by atoms with van der Waals surface area (Å²) < 4.78 is 85.0. The zero-order chi connectivity index (χ0) is 48.6. The van der Waals surface area contributed by atoms with Crippen molar-refractivity contribution < 1.29 is 12.3 Å². The van der Waals surface area contributed by atoms with Crippen molar-refractivity contribution in [2.75, 3.05) is 0 Å². The predicted octanol–water partition coefficient (Wildman–Crippen LogP) is 14.5. The fraction of sp³-hybridized carbons (Fsp3) is 0. The lowest BCUT2D eigenvalue weighted by Gasteiger charge is -2.16. The molecule has 13 rings (SSSR count). The lowest BCUT2D eigenvalue weighted by Crippen LogP contribution is -2.07. The Kier molecular flexibility index (Phi) is 5.83. The standard InChI is InChI=1S/C57H35N5/c1-2-17-36(18-3-1)38-27-16-32-53-54(38)46-25-10-14-30-51(46)61(53)52-31-15-11-26-47(52)56-58-55(59-57(60-56)62-49-28-12-8-23-44(49)45-24-9-13-29-50(45)62)37-33-34-43-41-21-5-4-19-39(41)40-20-6-7-22-42(40)48(43)35-37/h1-35H/i8D,9D,12D,13D,23D,24D,26D,28D,29D. The predicted molar refractivity (Wildman–Crippen MR) is 257 cm³/mol. The van der Waals surface area contributed by atoms with Crippen LogP contribution in [0.4, 0.5) is 0 Å². The minimum atomic E-state index is -0.565. The van der Waals surface area contributed by atoms with Gasteiger partial charge in [-0.2, -0.15) is 9.97 Å². The third kappa shape index (κ3) is 5.12. The molecular weight excluding hydrogens is 755 g/mol. The molecule has 0 spiro atoms. The highest BCUT2D eigenvalue weighted by molar-refractivity contribution is 6.25. The molecule has 62 heavy (non-hydrogen) atoms. The summed E-state index contributed by atoms with van der Waals surface area (Å²) >= 11 is 0. The summed E-state index contributed by atoms with van der Waals surface area (Å²) in [5.41, 5.74) is 5.03. The molecule has 3 heterocycles. The third-order valence-electron chi connectivity index (χ3n) is 11.9. The van der Waals surface area contributed by atoms with Gasteiger partial charge in [-0.25, -0.2) is 4.98 Å². The molecule has 5 nitrogen and oxygen atoms in total. The molecule has 0 radical (unpaired) electrons. The van der Waals surface area contributed by atoms with Gasteiger partial charge in [-0.3, -0.25) is 4.57 Å². The zero-order valence-electron chi connectivity index (χ0n) is 41.7. The maximum atomic E-state index is 9.71. The molecule has 10 aromatic carbocycles. The fourth-order valence-corrected chi connectivity index (χ4v) is 9.30. The van der Waals surface area contributed by atoms with Crippen LogP contribution in [0.5, 0.6) is 0 Å². The van der Waals surface area contributed by atoms with Crippen LogP contribution in [-0.4, -0.2) is 24.1 Å². The molecule has 0 aliphatic rings. The van der Waals surface area contributed by atoms with Crippen LogP contribution in [0, 0.1) is 0 Å². The van der Waals surface area contributed by atoms with Crippen molar-refractivity contribution in [3.8, 4) is 45.5 Å². The van der Waals surface area contributed by atoms with Crippen LogP contribution < -0.4 is 0 Å². The smallest absolute Gasteiger partial charge is 0.238 e. The molecule has 13 aromatic rings. The molecule has 0 saturated heterocycles. The molecule has 0 unspecified atom stereocenters. The lowest BCUT2D eigenvalue weighted by molar-refractivity contribution is 0.952. The number of rotatable bonds is 5. The summed E-state index contributed by atoms with van der Waals surface area (Å²) in [4.78, 5) is 15.5. The van der Waals surface area contributed by atoms with Crippen LogP contribution in [-0.2, 0) is 0 Å². The quantitative estimate of drug-likeness (QED) is 0.163. The van der Waals surface area contributed by atoms with Gasteiger partial charge in [0, 0.05) is 32.7 Å². The topological polar surface area (TPSA) is 48.5 Å². The van der Waals surface area contributed by atoms with E-state index in [0.29, 0.717) is 16.8 Å². The first kappa shape index (κ1) is 26.6. The highest BCUT2D eigenvalue weighted by atomic mass is 15.2. The van der Waals surface area contributed by atoms with E-state index >= 15 is 0 Å². The number of benzene rings is 10. The maximum absolute atomic E-state index is 9.71. The van der Waals surface area contributed by atoms with E-state index in [4.69, 9.17) is 23.2 Å². The Hall–Kier alpha value is -8.41. The van der Waals surface area contributed by atoms with E-state index < -0.39 is 48.3 Å². The van der Waals surface area contributed by atoms with Gasteiger partial charge < -0.3 is 4.57 Å². The summed E-state index contributed by atoms with van der Waals surface area (Å²) in [5.74, 6) is 0.0331. The van der Waals surface area contributed by atoms with Gasteiger partial charge >= 0.3 is 0 Å². The van der Waals surface area contributed by atoms with Gasteiger partial charge in [0.25, 0.3) is 0 Å². The summed E-state index contributed by atoms with van der Waals surface area (Å²) in [5, 5.41) is 7.97. The van der Waals surface area contributed by atoms with Crippen LogP contribution >= 0.6 is 0 Å². The van der Waals surface area contributed by atoms with Crippen molar-refractivity contribution >= 4 is 75.9 Å². The second kappa shape index (κ2) is 13.6. The van der Waals surface area contributed by atoms with Crippen LogP contribution in [0.3, 0.4) is 0 Å². The molecule has 0 aliphatic heterocycles. The average Bonchev–Trinajstić information content (AvgIpc) is 3.95. The molecular formula is C57H35N5. The Labute approximate surface area is 369 Å². The molecule has 0 amide bonds. The van der Waals surface area contributed by atoms with E-state index in [1.807, 2.05) is 103 Å². The van der Waals surface area contributed by atoms with Gasteiger partial charge in [0.15, 0.2) is 11.6 Å². The Balaban J connectivity index is 1.17. The molecule has 0 aliphatic carbocycles. The molecule has 0 atom stereocenters. The Morgan fingerprint density at radius 2 is 0.919 bits per heavy atom. The van der Waals surface area contributed by atoms with Crippen molar-refractivity contribution in [2.45, 2.75) is 0 Å². The van der Waals surface area contributed by atoms with Crippen LogP contribution in [0.15, 0.2) is 212 Å². The van der Waals surface area contributed by atoms with Crippen molar-refractivity contribution in [3.05, 3.63) is 212 Å². The third-order valence-corrected chi connectivity index (χ3v) is 11.9. The van der Waals surface area contributed by atoms with Crippen LogP contribution in [0.25, 0.3) is 121 Å². The van der Waals surface area contributed by atoms with Gasteiger partial charge in [0.1, 0.15) is 0 Å². The summed E-state index contributed by atoms with van der Waals surface area (Å²) in [6.07, 6.45) is 0. The minimum Gasteiger partial charge on any atom is -0.308 e. The number of fused-ring (bicyclic) bond motifs is 12. The fourth-order valence-electron chi connectivity index (χ4n) is 9.30. The van der Waals surface area contributed by atoms with E-state index in [1.165, 1.54) is 4.57 Å². The summed E-state index contributed by atoms with van der Waals surface area (Å²) in [6.45, 7) is 0. The molecule has 0 bridgehead atoms. The minimum absolute atomic E-state index is 0.0517. The second-order valence-corrected chi connectivity index (χ2v) is 15.3. The van der Waals surface area contributed by atoms with E-state index in [2.05, 4.69) is 53.1 Å².